The smallest absolute Gasteiger partial charge is 0.410 e. The minimum atomic E-state index is -0.818. The van der Waals surface area contributed by atoms with E-state index >= 15 is 0 Å². The molecule has 0 bridgehead atoms. The van der Waals surface area contributed by atoms with Crippen molar-refractivity contribution in [2.24, 2.45) is 0 Å². The Morgan fingerprint density at radius 1 is 1.18 bits per heavy atom. The number of nitrogens with one attached hydrogen (secondary N) is 1. The van der Waals surface area contributed by atoms with Crippen LogP contribution in [0.25, 0.3) is 0 Å². The van der Waals surface area contributed by atoms with Crippen molar-refractivity contribution in [1.29, 1.82) is 0 Å². The SMILES string of the molecule is Cc1cc(C)n(CCOc2ccc(CN[C@@H]3C[C@@H](O)CN(C(=O)OC(C)(C)C)C[C@H]3O)cc2)n1. The monoisotopic (exact) mass is 474 g/mol. The minimum absolute atomic E-state index is 0.103. The van der Waals surface area contributed by atoms with Gasteiger partial charge in [-0.25, -0.2) is 4.79 Å². The van der Waals surface area contributed by atoms with Crippen LogP contribution in [0.3, 0.4) is 0 Å². The van der Waals surface area contributed by atoms with Crippen molar-refractivity contribution in [3.63, 3.8) is 0 Å². The van der Waals surface area contributed by atoms with Gasteiger partial charge in [0.2, 0.25) is 0 Å². The number of likely N-dealkylation sites (tertiary alicyclic amines) is 1. The highest BCUT2D eigenvalue weighted by molar-refractivity contribution is 5.68. The first kappa shape index (κ1) is 26.0. The van der Waals surface area contributed by atoms with Gasteiger partial charge in [-0.15, -0.1) is 0 Å². The van der Waals surface area contributed by atoms with Crippen molar-refractivity contribution in [2.75, 3.05) is 19.7 Å². The van der Waals surface area contributed by atoms with Gasteiger partial charge in [-0.05, 0) is 64.8 Å². The zero-order valence-electron chi connectivity index (χ0n) is 20.8. The van der Waals surface area contributed by atoms with Crippen LogP contribution in [0, 0.1) is 13.8 Å². The molecular weight excluding hydrogens is 436 g/mol. The summed E-state index contributed by atoms with van der Waals surface area (Å²) in [6.45, 7) is 11.3. The number of hydrogen-bond acceptors (Lipinski definition) is 7. The summed E-state index contributed by atoms with van der Waals surface area (Å²) in [5, 5.41) is 28.8. The molecule has 34 heavy (non-hydrogen) atoms. The van der Waals surface area contributed by atoms with Crippen LogP contribution in [-0.2, 0) is 17.8 Å². The topological polar surface area (TPSA) is 109 Å². The van der Waals surface area contributed by atoms with Gasteiger partial charge in [0, 0.05) is 18.3 Å². The Kier molecular flexibility index (Phi) is 8.57. The number of aryl methyl sites for hydroxylation is 2. The molecule has 2 aromatic rings. The van der Waals surface area contributed by atoms with Crippen molar-refractivity contribution in [3.05, 3.63) is 47.3 Å². The number of carbonyl (C=O) groups is 1. The van der Waals surface area contributed by atoms with Gasteiger partial charge in [0.25, 0.3) is 0 Å². The van der Waals surface area contributed by atoms with Gasteiger partial charge in [0.15, 0.2) is 0 Å². The predicted octanol–water partition coefficient (Wildman–Crippen LogP) is 2.40. The molecule has 0 unspecified atom stereocenters. The summed E-state index contributed by atoms with van der Waals surface area (Å²) in [7, 11) is 0. The Balaban J connectivity index is 1.47. The number of amides is 1. The summed E-state index contributed by atoms with van der Waals surface area (Å²) in [4.78, 5) is 13.8. The lowest BCUT2D eigenvalue weighted by Crippen LogP contribution is -2.46. The molecule has 1 aromatic heterocycles. The maximum absolute atomic E-state index is 12.4. The van der Waals surface area contributed by atoms with Crippen molar-refractivity contribution >= 4 is 6.09 Å². The minimum Gasteiger partial charge on any atom is -0.492 e. The first-order valence-electron chi connectivity index (χ1n) is 11.8. The summed E-state index contributed by atoms with van der Waals surface area (Å²) in [6.07, 6.45) is -1.75. The fourth-order valence-corrected chi connectivity index (χ4v) is 4.01. The fraction of sp³-hybridized carbons (Fsp3) is 0.600. The number of nitrogens with zero attached hydrogens (tertiary/aromatic N) is 3. The van der Waals surface area contributed by atoms with Crippen LogP contribution in [0.1, 0.15) is 44.1 Å². The molecular formula is C25H38N4O5. The molecule has 0 saturated carbocycles. The third kappa shape index (κ3) is 7.72. The second kappa shape index (κ2) is 11.2. The lowest BCUT2D eigenvalue weighted by atomic mass is 10.0. The molecule has 1 aromatic carbocycles. The Morgan fingerprint density at radius 3 is 2.50 bits per heavy atom. The molecule has 0 radical (unpaired) electrons. The Morgan fingerprint density at radius 2 is 1.88 bits per heavy atom. The number of aliphatic hydroxyl groups is 2. The van der Waals surface area contributed by atoms with E-state index in [9.17, 15) is 15.0 Å². The molecule has 188 valence electrons. The van der Waals surface area contributed by atoms with E-state index in [1.54, 1.807) is 20.8 Å². The molecule has 3 N–H and O–H groups in total. The average Bonchev–Trinajstić information content (AvgIpc) is 2.98. The summed E-state index contributed by atoms with van der Waals surface area (Å²) < 4.78 is 13.2. The van der Waals surface area contributed by atoms with E-state index in [1.807, 2.05) is 48.9 Å². The van der Waals surface area contributed by atoms with Gasteiger partial charge in [0.1, 0.15) is 18.0 Å². The number of hydrogen-bond donors (Lipinski definition) is 3. The summed E-state index contributed by atoms with van der Waals surface area (Å²) in [5.41, 5.74) is 2.51. The van der Waals surface area contributed by atoms with Gasteiger partial charge in [-0.2, -0.15) is 5.10 Å². The largest absolute Gasteiger partial charge is 0.492 e. The predicted molar refractivity (Wildman–Crippen MR) is 129 cm³/mol. The number of rotatable bonds is 7. The Labute approximate surface area is 201 Å². The first-order chi connectivity index (χ1) is 16.0. The Hall–Kier alpha value is -2.62. The van der Waals surface area contributed by atoms with Crippen molar-refractivity contribution in [1.82, 2.24) is 20.0 Å². The van der Waals surface area contributed by atoms with Gasteiger partial charge in [-0.3, -0.25) is 4.68 Å². The highest BCUT2D eigenvalue weighted by Gasteiger charge is 2.33. The Bertz CT molecular complexity index is 938. The zero-order valence-corrected chi connectivity index (χ0v) is 20.8. The van der Waals surface area contributed by atoms with Crippen LogP contribution in [0.5, 0.6) is 5.75 Å². The number of β-amino-alcohol motifs (C(OH)–C–C–N with tert-alkyl or cyclic N) is 2. The van der Waals surface area contributed by atoms with E-state index in [2.05, 4.69) is 10.4 Å². The van der Waals surface area contributed by atoms with Gasteiger partial charge in [0.05, 0.1) is 37.5 Å². The fourth-order valence-electron chi connectivity index (χ4n) is 4.01. The van der Waals surface area contributed by atoms with Crippen LogP contribution < -0.4 is 10.1 Å². The normalized spacial score (nSPS) is 21.3. The molecule has 1 fully saturated rings. The second-order valence-electron chi connectivity index (χ2n) is 9.97. The number of benzene rings is 1. The first-order valence-corrected chi connectivity index (χ1v) is 11.8. The van der Waals surface area contributed by atoms with E-state index in [4.69, 9.17) is 9.47 Å². The van der Waals surface area contributed by atoms with E-state index < -0.39 is 23.9 Å². The molecule has 1 aliphatic heterocycles. The maximum Gasteiger partial charge on any atom is 0.410 e. The van der Waals surface area contributed by atoms with Gasteiger partial charge < -0.3 is 29.9 Å². The molecule has 0 spiro atoms. The van der Waals surface area contributed by atoms with E-state index in [0.29, 0.717) is 26.1 Å². The maximum atomic E-state index is 12.4. The summed E-state index contributed by atoms with van der Waals surface area (Å²) in [6, 6.07) is 9.47. The lowest BCUT2D eigenvalue weighted by molar-refractivity contribution is 0.0104. The van der Waals surface area contributed by atoms with Gasteiger partial charge >= 0.3 is 6.09 Å². The van der Waals surface area contributed by atoms with Crippen LogP contribution >= 0.6 is 0 Å². The highest BCUT2D eigenvalue weighted by atomic mass is 16.6. The van der Waals surface area contributed by atoms with Crippen LogP contribution in [-0.4, -0.2) is 74.5 Å². The highest BCUT2D eigenvalue weighted by Crippen LogP contribution is 2.18. The van der Waals surface area contributed by atoms with Crippen molar-refractivity contribution < 1.29 is 24.5 Å². The average molecular weight is 475 g/mol. The van der Waals surface area contributed by atoms with Crippen LogP contribution in [0.2, 0.25) is 0 Å². The molecule has 2 heterocycles. The number of aliphatic hydroxyl groups excluding tert-OH is 2. The number of carbonyl (C=O) groups excluding carboxylic acids is 1. The molecule has 9 heteroatoms. The lowest BCUT2D eigenvalue weighted by Gasteiger charge is -2.28. The molecule has 3 atom stereocenters. The number of ether oxygens (including phenoxy) is 2. The van der Waals surface area contributed by atoms with E-state index in [-0.39, 0.29) is 19.1 Å². The molecule has 1 saturated heterocycles. The van der Waals surface area contributed by atoms with E-state index in [1.165, 1.54) is 4.90 Å². The number of aromatic nitrogens is 2. The second-order valence-corrected chi connectivity index (χ2v) is 9.97. The third-order valence-electron chi connectivity index (χ3n) is 5.65. The quantitative estimate of drug-likeness (QED) is 0.565. The molecule has 0 aliphatic carbocycles. The van der Waals surface area contributed by atoms with Gasteiger partial charge in [-0.1, -0.05) is 12.1 Å². The summed E-state index contributed by atoms with van der Waals surface area (Å²) >= 11 is 0. The molecule has 3 rings (SSSR count). The van der Waals surface area contributed by atoms with Crippen LogP contribution in [0.15, 0.2) is 30.3 Å². The van der Waals surface area contributed by atoms with Crippen molar-refractivity contribution in [2.45, 2.75) is 78.0 Å². The van der Waals surface area contributed by atoms with E-state index in [0.717, 1.165) is 22.7 Å². The molecule has 1 amide bonds. The van der Waals surface area contributed by atoms with Crippen molar-refractivity contribution in [3.8, 4) is 5.75 Å². The van der Waals surface area contributed by atoms with Crippen LogP contribution in [0.4, 0.5) is 4.79 Å². The standard InChI is InChI=1S/C25H38N4O5/c1-17-12-18(2)29(27-17)10-11-33-21-8-6-19(7-9-21)14-26-22-13-20(30)15-28(16-23(22)31)24(32)34-25(3,4)5/h6-9,12,20,22-23,26,30-31H,10-11,13-16H2,1-5H3/t20-,22-,23-/m1/s1. The molecule has 1 aliphatic rings. The third-order valence-corrected chi connectivity index (χ3v) is 5.65. The molecule has 9 nitrogen and oxygen atoms in total. The zero-order chi connectivity index (χ0) is 24.9. The summed E-state index contributed by atoms with van der Waals surface area (Å²) in [5.74, 6) is 0.781.